The lowest BCUT2D eigenvalue weighted by Crippen LogP contribution is -2.52. The van der Waals surface area contributed by atoms with Gasteiger partial charge in [-0.05, 0) is 42.5 Å². The average molecular weight is 549 g/mol. The molecule has 14 heteroatoms. The van der Waals surface area contributed by atoms with Gasteiger partial charge >= 0.3 is 6.18 Å². The molecule has 0 radical (unpaired) electrons. The van der Waals surface area contributed by atoms with Gasteiger partial charge < -0.3 is 9.80 Å². The van der Waals surface area contributed by atoms with Crippen molar-refractivity contribution in [1.82, 2.24) is 9.21 Å². The van der Waals surface area contributed by atoms with E-state index in [1.807, 2.05) is 0 Å². The molecule has 1 heterocycles. The minimum Gasteiger partial charge on any atom is -0.368 e. The SMILES string of the molecule is CN(C)S(=O)(=O)c1ccc(N(CC(=O)N2CCN(c3cccc(C(F)(F)F)c3)CC2)S(C)(=O)=O)cc1. The highest BCUT2D eigenvalue weighted by Gasteiger charge is 2.32. The topological polar surface area (TPSA) is 98.3 Å². The Morgan fingerprint density at radius 2 is 1.53 bits per heavy atom. The fourth-order valence-corrected chi connectivity index (χ4v) is 5.46. The second-order valence-electron chi connectivity index (χ2n) is 8.47. The van der Waals surface area contributed by atoms with Crippen LogP contribution < -0.4 is 9.21 Å². The molecule has 198 valence electrons. The summed E-state index contributed by atoms with van der Waals surface area (Å²) in [6, 6.07) is 10.1. The highest BCUT2D eigenvalue weighted by atomic mass is 32.2. The highest BCUT2D eigenvalue weighted by Crippen LogP contribution is 2.32. The van der Waals surface area contributed by atoms with Crippen LogP contribution in [0.5, 0.6) is 0 Å². The zero-order chi connectivity index (χ0) is 26.9. The summed E-state index contributed by atoms with van der Waals surface area (Å²) in [5, 5.41) is 0. The molecule has 1 aliphatic rings. The predicted molar refractivity (Wildman–Crippen MR) is 130 cm³/mol. The molecule has 2 aromatic rings. The second kappa shape index (κ2) is 10.3. The van der Waals surface area contributed by atoms with E-state index in [4.69, 9.17) is 0 Å². The molecule has 0 bridgehead atoms. The Labute approximate surface area is 208 Å². The van der Waals surface area contributed by atoms with Gasteiger partial charge in [-0.25, -0.2) is 21.1 Å². The number of nitrogens with zero attached hydrogens (tertiary/aromatic N) is 4. The van der Waals surface area contributed by atoms with Gasteiger partial charge in [-0.2, -0.15) is 13.2 Å². The van der Waals surface area contributed by atoms with E-state index in [1.165, 1.54) is 49.3 Å². The number of benzene rings is 2. The summed E-state index contributed by atoms with van der Waals surface area (Å²) >= 11 is 0. The van der Waals surface area contributed by atoms with E-state index in [0.717, 1.165) is 27.0 Å². The number of carbonyl (C=O) groups excluding carboxylic acids is 1. The van der Waals surface area contributed by atoms with Crippen molar-refractivity contribution in [3.05, 3.63) is 54.1 Å². The van der Waals surface area contributed by atoms with E-state index in [0.29, 0.717) is 5.69 Å². The van der Waals surface area contributed by atoms with E-state index in [-0.39, 0.29) is 36.8 Å². The summed E-state index contributed by atoms with van der Waals surface area (Å²) in [5.41, 5.74) is -0.236. The third-order valence-electron chi connectivity index (χ3n) is 5.75. The molecule has 0 atom stereocenters. The van der Waals surface area contributed by atoms with Gasteiger partial charge in [0.1, 0.15) is 6.54 Å². The van der Waals surface area contributed by atoms with Gasteiger partial charge in [-0.3, -0.25) is 9.10 Å². The van der Waals surface area contributed by atoms with Crippen LogP contribution in [0.25, 0.3) is 0 Å². The van der Waals surface area contributed by atoms with E-state index >= 15 is 0 Å². The molecular weight excluding hydrogens is 521 g/mol. The standard InChI is InChI=1S/C22H27F3N4O5S2/c1-26(2)36(33,34)20-9-7-18(8-10-20)29(35(3,31)32)16-21(30)28-13-11-27(12-14-28)19-6-4-5-17(15-19)22(23,24)25/h4-10,15H,11-14,16H2,1-3H3. The second-order valence-corrected chi connectivity index (χ2v) is 12.5. The Balaban J connectivity index is 1.70. The molecule has 0 unspecified atom stereocenters. The van der Waals surface area contributed by atoms with E-state index in [2.05, 4.69) is 0 Å². The third kappa shape index (κ3) is 6.28. The van der Waals surface area contributed by atoms with Gasteiger partial charge in [-0.1, -0.05) is 6.07 Å². The van der Waals surface area contributed by atoms with Gasteiger partial charge in [0.15, 0.2) is 0 Å². The van der Waals surface area contributed by atoms with Crippen LogP contribution in [0, 0.1) is 0 Å². The highest BCUT2D eigenvalue weighted by molar-refractivity contribution is 7.92. The number of rotatable bonds is 7. The molecule has 0 aliphatic carbocycles. The number of carbonyl (C=O) groups is 1. The van der Waals surface area contributed by atoms with Crippen LogP contribution in [0.2, 0.25) is 0 Å². The lowest BCUT2D eigenvalue weighted by molar-refractivity contribution is -0.137. The summed E-state index contributed by atoms with van der Waals surface area (Å²) in [6.45, 7) is 0.466. The first-order valence-electron chi connectivity index (χ1n) is 10.8. The molecule has 0 saturated carbocycles. The molecule has 2 aromatic carbocycles. The van der Waals surface area contributed by atoms with Crippen molar-refractivity contribution in [2.75, 3.05) is 62.3 Å². The summed E-state index contributed by atoms with van der Waals surface area (Å²) < 4.78 is 90.3. The van der Waals surface area contributed by atoms with Crippen LogP contribution in [0.3, 0.4) is 0 Å². The van der Waals surface area contributed by atoms with Crippen LogP contribution >= 0.6 is 0 Å². The van der Waals surface area contributed by atoms with Crippen LogP contribution in [0.4, 0.5) is 24.5 Å². The van der Waals surface area contributed by atoms with E-state index in [1.54, 1.807) is 11.0 Å². The summed E-state index contributed by atoms with van der Waals surface area (Å²) in [6.07, 6.45) is -3.52. The first kappa shape index (κ1) is 27.7. The Morgan fingerprint density at radius 1 is 0.944 bits per heavy atom. The zero-order valence-corrected chi connectivity index (χ0v) is 21.6. The number of piperazine rings is 1. The molecule has 1 saturated heterocycles. The monoisotopic (exact) mass is 548 g/mol. The van der Waals surface area contributed by atoms with Crippen molar-refractivity contribution in [2.24, 2.45) is 0 Å². The maximum absolute atomic E-state index is 13.0. The molecule has 0 spiro atoms. The smallest absolute Gasteiger partial charge is 0.368 e. The zero-order valence-electron chi connectivity index (χ0n) is 19.9. The number of alkyl halides is 3. The van der Waals surface area contributed by atoms with Crippen molar-refractivity contribution in [3.63, 3.8) is 0 Å². The van der Waals surface area contributed by atoms with Crippen molar-refractivity contribution >= 4 is 37.3 Å². The number of anilines is 2. The lowest BCUT2D eigenvalue weighted by Gasteiger charge is -2.37. The number of hydrogen-bond donors (Lipinski definition) is 0. The van der Waals surface area contributed by atoms with Gasteiger partial charge in [-0.15, -0.1) is 0 Å². The minimum atomic E-state index is -4.46. The van der Waals surface area contributed by atoms with Crippen LogP contribution in [0.1, 0.15) is 5.56 Å². The quantitative estimate of drug-likeness (QED) is 0.526. The van der Waals surface area contributed by atoms with E-state index < -0.39 is 44.2 Å². The molecule has 9 nitrogen and oxygen atoms in total. The van der Waals surface area contributed by atoms with Gasteiger partial charge in [0.2, 0.25) is 26.0 Å². The summed E-state index contributed by atoms with van der Waals surface area (Å²) in [5.74, 6) is -0.478. The van der Waals surface area contributed by atoms with Crippen molar-refractivity contribution < 1.29 is 34.8 Å². The van der Waals surface area contributed by atoms with Crippen LogP contribution in [-0.4, -0.2) is 85.0 Å². The Bertz CT molecular complexity index is 1310. The number of halogens is 3. The van der Waals surface area contributed by atoms with Crippen molar-refractivity contribution in [3.8, 4) is 0 Å². The largest absolute Gasteiger partial charge is 0.416 e. The maximum Gasteiger partial charge on any atom is 0.416 e. The number of sulfonamides is 2. The molecule has 1 fully saturated rings. The first-order valence-corrected chi connectivity index (χ1v) is 14.1. The fraction of sp³-hybridized carbons (Fsp3) is 0.409. The molecule has 1 aliphatic heterocycles. The van der Waals surface area contributed by atoms with Crippen LogP contribution in [-0.2, 0) is 31.0 Å². The Hall–Kier alpha value is -2.84. The van der Waals surface area contributed by atoms with Gasteiger partial charge in [0, 0.05) is 46.0 Å². The predicted octanol–water partition coefficient (Wildman–Crippen LogP) is 2.07. The summed E-state index contributed by atoms with van der Waals surface area (Å²) in [7, 11) is -4.85. The fourth-order valence-electron chi connectivity index (χ4n) is 3.71. The third-order valence-corrected chi connectivity index (χ3v) is 8.72. The molecular formula is C22H27F3N4O5S2. The minimum absolute atomic E-state index is 0.0262. The molecule has 0 aromatic heterocycles. The van der Waals surface area contributed by atoms with Crippen molar-refractivity contribution in [1.29, 1.82) is 0 Å². The molecule has 3 rings (SSSR count). The number of amides is 1. The molecule has 1 amide bonds. The average Bonchev–Trinajstić information content (AvgIpc) is 2.81. The Kier molecular flexibility index (Phi) is 7.91. The normalized spacial score (nSPS) is 15.3. The Morgan fingerprint density at radius 3 is 2.03 bits per heavy atom. The first-order chi connectivity index (χ1) is 16.6. The van der Waals surface area contributed by atoms with Crippen LogP contribution in [0.15, 0.2) is 53.4 Å². The summed E-state index contributed by atoms with van der Waals surface area (Å²) in [4.78, 5) is 16.1. The van der Waals surface area contributed by atoms with Gasteiger partial charge in [0.05, 0.1) is 22.4 Å². The molecule has 0 N–H and O–H groups in total. The molecule has 36 heavy (non-hydrogen) atoms. The number of hydrogen-bond acceptors (Lipinski definition) is 6. The lowest BCUT2D eigenvalue weighted by atomic mass is 10.1. The maximum atomic E-state index is 13.0. The van der Waals surface area contributed by atoms with Gasteiger partial charge in [0.25, 0.3) is 0 Å². The van der Waals surface area contributed by atoms with Crippen molar-refractivity contribution in [2.45, 2.75) is 11.1 Å². The van der Waals surface area contributed by atoms with E-state index in [9.17, 15) is 34.8 Å².